The maximum atomic E-state index is 13.7. The summed E-state index contributed by atoms with van der Waals surface area (Å²) in [5, 5.41) is 3.25. The number of sulfonamides is 1. The van der Waals surface area contributed by atoms with E-state index in [0.29, 0.717) is 10.8 Å². The molecule has 0 saturated carbocycles. The quantitative estimate of drug-likeness (QED) is 0.508. The first-order valence-electron chi connectivity index (χ1n) is 8.89. The first-order chi connectivity index (χ1) is 14.3. The maximum Gasteiger partial charge on any atom is 0.262 e. The molecule has 0 aliphatic carbocycles. The summed E-state index contributed by atoms with van der Waals surface area (Å²) in [6.45, 7) is 0.437. The summed E-state index contributed by atoms with van der Waals surface area (Å²) in [4.78, 5) is 12.2. The van der Waals surface area contributed by atoms with Gasteiger partial charge in [-0.15, -0.1) is 0 Å². The Bertz CT molecular complexity index is 1140. The number of ether oxygens (including phenoxy) is 1. The summed E-state index contributed by atoms with van der Waals surface area (Å²) in [5.41, 5.74) is -0.0235. The molecule has 0 aliphatic heterocycles. The average molecular weight is 449 g/mol. The highest BCUT2D eigenvalue weighted by atomic mass is 35.5. The second-order valence-corrected chi connectivity index (χ2v) is 8.29. The number of amides is 1. The number of hydrogen-bond donors (Lipinski definition) is 2. The largest absolute Gasteiger partial charge is 0.492 e. The number of hydrogen-bond acceptors (Lipinski definition) is 4. The van der Waals surface area contributed by atoms with Gasteiger partial charge in [0.25, 0.3) is 15.9 Å². The number of para-hydroxylation sites is 1. The number of nitrogens with one attached hydrogen (secondary N) is 2. The number of anilines is 1. The van der Waals surface area contributed by atoms with Crippen LogP contribution < -0.4 is 14.8 Å². The molecule has 0 spiro atoms. The summed E-state index contributed by atoms with van der Waals surface area (Å²) in [5.74, 6) is -0.547. The molecule has 0 fully saturated rings. The van der Waals surface area contributed by atoms with Crippen LogP contribution in [-0.4, -0.2) is 27.5 Å². The van der Waals surface area contributed by atoms with Crippen molar-refractivity contribution in [3.8, 4) is 5.75 Å². The van der Waals surface area contributed by atoms with Gasteiger partial charge in [0, 0.05) is 10.6 Å². The van der Waals surface area contributed by atoms with Crippen LogP contribution in [0.15, 0.2) is 77.7 Å². The van der Waals surface area contributed by atoms with Crippen molar-refractivity contribution in [2.24, 2.45) is 0 Å². The summed E-state index contributed by atoms with van der Waals surface area (Å²) in [7, 11) is -4.06. The first-order valence-corrected chi connectivity index (χ1v) is 10.8. The van der Waals surface area contributed by atoms with Crippen LogP contribution in [0.3, 0.4) is 0 Å². The van der Waals surface area contributed by atoms with E-state index in [1.54, 1.807) is 24.3 Å². The van der Waals surface area contributed by atoms with Crippen molar-refractivity contribution in [2.45, 2.75) is 4.90 Å². The zero-order chi connectivity index (χ0) is 21.6. The predicted octanol–water partition coefficient (Wildman–Crippen LogP) is 4.09. The summed E-state index contributed by atoms with van der Waals surface area (Å²) < 4.78 is 46.5. The van der Waals surface area contributed by atoms with E-state index in [1.165, 1.54) is 42.5 Å². The number of halogens is 2. The lowest BCUT2D eigenvalue weighted by Gasteiger charge is -2.11. The highest BCUT2D eigenvalue weighted by molar-refractivity contribution is 7.92. The molecule has 3 aromatic rings. The monoisotopic (exact) mass is 448 g/mol. The summed E-state index contributed by atoms with van der Waals surface area (Å²) >= 11 is 5.80. The van der Waals surface area contributed by atoms with Crippen LogP contribution in [0.4, 0.5) is 10.1 Å². The molecule has 6 nitrogen and oxygen atoms in total. The Morgan fingerprint density at radius 1 is 1.00 bits per heavy atom. The summed E-state index contributed by atoms with van der Waals surface area (Å²) in [6.07, 6.45) is 0. The van der Waals surface area contributed by atoms with Crippen LogP contribution in [0.25, 0.3) is 0 Å². The van der Waals surface area contributed by atoms with Gasteiger partial charge in [0.2, 0.25) is 0 Å². The fraction of sp³-hybridized carbons (Fsp3) is 0.0952. The third kappa shape index (κ3) is 5.71. The fourth-order valence-electron chi connectivity index (χ4n) is 2.52. The number of rotatable bonds is 8. The standard InChI is InChI=1S/C21H18ClFN2O4S/c22-16-8-10-17(11-9-16)29-13-12-24-21(26)15-4-3-5-18(14-15)30(27,28)25-20-7-2-1-6-19(20)23/h1-11,14,25H,12-13H2,(H,24,26). The Morgan fingerprint density at radius 3 is 2.47 bits per heavy atom. The van der Waals surface area contributed by atoms with Gasteiger partial charge in [-0.3, -0.25) is 9.52 Å². The van der Waals surface area contributed by atoms with Gasteiger partial charge in [-0.1, -0.05) is 29.8 Å². The minimum Gasteiger partial charge on any atom is -0.492 e. The zero-order valence-electron chi connectivity index (χ0n) is 15.6. The van der Waals surface area contributed by atoms with E-state index < -0.39 is 21.7 Å². The minimum absolute atomic E-state index is 0.151. The van der Waals surface area contributed by atoms with Crippen LogP contribution in [-0.2, 0) is 10.0 Å². The van der Waals surface area contributed by atoms with Crippen LogP contribution >= 0.6 is 11.6 Å². The van der Waals surface area contributed by atoms with Crippen LogP contribution in [0, 0.1) is 5.82 Å². The molecule has 0 atom stereocenters. The minimum atomic E-state index is -4.06. The smallest absolute Gasteiger partial charge is 0.262 e. The van der Waals surface area contributed by atoms with Crippen LogP contribution in [0.5, 0.6) is 5.75 Å². The number of carbonyl (C=O) groups excluding carboxylic acids is 1. The molecular formula is C21H18ClFN2O4S. The maximum absolute atomic E-state index is 13.7. The van der Waals surface area contributed by atoms with Gasteiger partial charge in [-0.05, 0) is 54.6 Å². The highest BCUT2D eigenvalue weighted by Crippen LogP contribution is 2.19. The molecule has 3 aromatic carbocycles. The van der Waals surface area contributed by atoms with Crippen molar-refractivity contribution in [2.75, 3.05) is 17.9 Å². The molecular weight excluding hydrogens is 431 g/mol. The second kappa shape index (κ2) is 9.60. The van der Waals surface area contributed by atoms with Gasteiger partial charge in [0.1, 0.15) is 18.2 Å². The van der Waals surface area contributed by atoms with Gasteiger partial charge in [0.15, 0.2) is 0 Å². The van der Waals surface area contributed by atoms with E-state index in [1.807, 2.05) is 0 Å². The fourth-order valence-corrected chi connectivity index (χ4v) is 3.76. The molecule has 0 unspecified atom stereocenters. The van der Waals surface area contributed by atoms with Crippen LogP contribution in [0.2, 0.25) is 5.02 Å². The number of benzene rings is 3. The Hall–Kier alpha value is -3.10. The summed E-state index contributed by atoms with van der Waals surface area (Å²) in [6, 6.07) is 17.7. The lowest BCUT2D eigenvalue weighted by Crippen LogP contribution is -2.28. The van der Waals surface area contributed by atoms with Crippen molar-refractivity contribution >= 4 is 33.2 Å². The first kappa shape index (κ1) is 21.6. The molecule has 156 valence electrons. The van der Waals surface area contributed by atoms with E-state index in [4.69, 9.17) is 16.3 Å². The van der Waals surface area contributed by atoms with Gasteiger partial charge in [-0.2, -0.15) is 0 Å². The molecule has 0 aliphatic rings. The molecule has 0 saturated heterocycles. The molecule has 0 aromatic heterocycles. The normalized spacial score (nSPS) is 11.0. The molecule has 30 heavy (non-hydrogen) atoms. The number of carbonyl (C=O) groups is 1. The van der Waals surface area contributed by atoms with Crippen molar-refractivity contribution in [3.05, 3.63) is 89.2 Å². The third-order valence-corrected chi connectivity index (χ3v) is 5.61. The lowest BCUT2D eigenvalue weighted by molar-refractivity contribution is 0.0947. The average Bonchev–Trinajstić information content (AvgIpc) is 2.74. The molecule has 1 amide bonds. The lowest BCUT2D eigenvalue weighted by atomic mass is 10.2. The van der Waals surface area contributed by atoms with Gasteiger partial charge in [-0.25, -0.2) is 12.8 Å². The molecule has 0 heterocycles. The molecule has 0 bridgehead atoms. The SMILES string of the molecule is O=C(NCCOc1ccc(Cl)cc1)c1cccc(S(=O)(=O)Nc2ccccc2F)c1. The topological polar surface area (TPSA) is 84.5 Å². The Balaban J connectivity index is 1.60. The van der Waals surface area contributed by atoms with E-state index in [2.05, 4.69) is 10.0 Å². The Morgan fingerprint density at radius 2 is 1.73 bits per heavy atom. The zero-order valence-corrected chi connectivity index (χ0v) is 17.2. The van der Waals surface area contributed by atoms with Crippen molar-refractivity contribution in [1.29, 1.82) is 0 Å². The molecule has 2 N–H and O–H groups in total. The van der Waals surface area contributed by atoms with E-state index >= 15 is 0 Å². The Kier molecular flexibility index (Phi) is 6.91. The van der Waals surface area contributed by atoms with E-state index in [0.717, 1.165) is 6.07 Å². The Labute approximate surface area is 178 Å². The third-order valence-electron chi connectivity index (χ3n) is 3.99. The van der Waals surface area contributed by atoms with Crippen LogP contribution in [0.1, 0.15) is 10.4 Å². The predicted molar refractivity (Wildman–Crippen MR) is 113 cm³/mol. The van der Waals surface area contributed by atoms with E-state index in [-0.39, 0.29) is 29.3 Å². The molecule has 3 rings (SSSR count). The molecule has 9 heteroatoms. The van der Waals surface area contributed by atoms with E-state index in [9.17, 15) is 17.6 Å². The van der Waals surface area contributed by atoms with Gasteiger partial charge >= 0.3 is 0 Å². The van der Waals surface area contributed by atoms with Crippen molar-refractivity contribution < 1.29 is 22.3 Å². The van der Waals surface area contributed by atoms with Gasteiger partial charge in [0.05, 0.1) is 17.1 Å². The highest BCUT2D eigenvalue weighted by Gasteiger charge is 2.18. The van der Waals surface area contributed by atoms with Crippen molar-refractivity contribution in [1.82, 2.24) is 5.32 Å². The van der Waals surface area contributed by atoms with Crippen molar-refractivity contribution in [3.63, 3.8) is 0 Å². The second-order valence-electron chi connectivity index (χ2n) is 6.17. The molecule has 0 radical (unpaired) electrons. The van der Waals surface area contributed by atoms with Gasteiger partial charge < -0.3 is 10.1 Å².